The highest BCUT2D eigenvalue weighted by Crippen LogP contribution is 2.27. The summed E-state index contributed by atoms with van der Waals surface area (Å²) in [7, 11) is 2.05. The van der Waals surface area contributed by atoms with Crippen molar-refractivity contribution in [2.75, 3.05) is 26.9 Å². The third-order valence-corrected chi connectivity index (χ3v) is 3.99. The van der Waals surface area contributed by atoms with Gasteiger partial charge in [-0.05, 0) is 38.6 Å². The highest BCUT2D eigenvalue weighted by molar-refractivity contribution is 4.84. The highest BCUT2D eigenvalue weighted by Gasteiger charge is 2.29. The third kappa shape index (κ3) is 3.19. The molecule has 2 aliphatic rings. The average molecular weight is 227 g/mol. The Balaban J connectivity index is 1.76. The van der Waals surface area contributed by atoms with Gasteiger partial charge in [-0.25, -0.2) is 0 Å². The van der Waals surface area contributed by atoms with Crippen molar-refractivity contribution in [3.63, 3.8) is 0 Å². The van der Waals surface area contributed by atoms with Gasteiger partial charge >= 0.3 is 0 Å². The quantitative estimate of drug-likeness (QED) is 0.794. The summed E-state index contributed by atoms with van der Waals surface area (Å²) in [6.07, 6.45) is 5.38. The Bertz CT molecular complexity index is 204. The summed E-state index contributed by atoms with van der Waals surface area (Å²) in [5, 5.41) is 3.39. The molecular weight excluding hydrogens is 202 g/mol. The van der Waals surface area contributed by atoms with Gasteiger partial charge in [0.1, 0.15) is 0 Å². The van der Waals surface area contributed by atoms with Gasteiger partial charge in [0.15, 0.2) is 0 Å². The van der Waals surface area contributed by atoms with E-state index in [1.54, 1.807) is 0 Å². The van der Waals surface area contributed by atoms with E-state index in [1.807, 2.05) is 0 Å². The monoisotopic (exact) mass is 227 g/mol. The summed E-state index contributed by atoms with van der Waals surface area (Å²) in [5.74, 6) is 1.45. The Morgan fingerprint density at radius 1 is 1.31 bits per heavy atom. The number of ether oxygens (including phenoxy) is 2. The van der Waals surface area contributed by atoms with Crippen molar-refractivity contribution >= 4 is 0 Å². The molecule has 0 radical (unpaired) electrons. The zero-order valence-electron chi connectivity index (χ0n) is 10.6. The topological polar surface area (TPSA) is 30.5 Å². The van der Waals surface area contributed by atoms with E-state index >= 15 is 0 Å². The number of nitrogens with one attached hydrogen (secondary N) is 1. The molecule has 0 bridgehead atoms. The van der Waals surface area contributed by atoms with Crippen molar-refractivity contribution < 1.29 is 9.47 Å². The second-order valence-electron chi connectivity index (χ2n) is 5.41. The lowest BCUT2D eigenvalue weighted by molar-refractivity contribution is -0.0227. The normalized spacial score (nSPS) is 40.1. The van der Waals surface area contributed by atoms with Crippen molar-refractivity contribution in [3.8, 4) is 0 Å². The molecule has 0 aromatic rings. The molecule has 0 aromatic heterocycles. The van der Waals surface area contributed by atoms with Gasteiger partial charge in [-0.1, -0.05) is 6.92 Å². The predicted molar refractivity (Wildman–Crippen MR) is 64.5 cm³/mol. The van der Waals surface area contributed by atoms with Crippen LogP contribution in [0.15, 0.2) is 0 Å². The molecule has 3 heteroatoms. The molecule has 0 aromatic carbocycles. The van der Waals surface area contributed by atoms with E-state index in [9.17, 15) is 0 Å². The molecule has 1 aliphatic heterocycles. The van der Waals surface area contributed by atoms with Crippen LogP contribution in [0.5, 0.6) is 0 Å². The van der Waals surface area contributed by atoms with Crippen LogP contribution in [0, 0.1) is 11.8 Å². The van der Waals surface area contributed by atoms with E-state index < -0.39 is 0 Å². The molecular formula is C13H25NO2. The summed E-state index contributed by atoms with van der Waals surface area (Å²) in [6.45, 7) is 5.04. The first-order valence-corrected chi connectivity index (χ1v) is 6.66. The van der Waals surface area contributed by atoms with Gasteiger partial charge in [0.25, 0.3) is 0 Å². The molecule has 1 saturated carbocycles. The molecule has 0 amide bonds. The van der Waals surface area contributed by atoms with E-state index in [1.165, 1.54) is 25.7 Å². The number of rotatable bonds is 4. The van der Waals surface area contributed by atoms with Crippen LogP contribution in [0.25, 0.3) is 0 Å². The summed E-state index contributed by atoms with van der Waals surface area (Å²) < 4.78 is 11.5. The van der Waals surface area contributed by atoms with Crippen LogP contribution in [0.2, 0.25) is 0 Å². The number of hydrogen-bond acceptors (Lipinski definition) is 3. The number of hydrogen-bond donors (Lipinski definition) is 1. The van der Waals surface area contributed by atoms with Gasteiger partial charge < -0.3 is 14.8 Å². The lowest BCUT2D eigenvalue weighted by Gasteiger charge is -2.35. The van der Waals surface area contributed by atoms with Gasteiger partial charge in [-0.2, -0.15) is 0 Å². The van der Waals surface area contributed by atoms with Crippen molar-refractivity contribution in [2.45, 2.75) is 44.8 Å². The SMILES string of the molecule is CNC1CCC(C)CC1OCC1CCOC1. The molecule has 94 valence electrons. The Hall–Kier alpha value is -0.120. The second-order valence-corrected chi connectivity index (χ2v) is 5.41. The molecule has 2 rings (SSSR count). The largest absolute Gasteiger partial charge is 0.381 e. The number of likely N-dealkylation sites (N-methyl/N-ethyl adjacent to an activating group) is 1. The minimum atomic E-state index is 0.411. The molecule has 2 fully saturated rings. The van der Waals surface area contributed by atoms with E-state index in [2.05, 4.69) is 19.3 Å². The molecule has 4 atom stereocenters. The summed E-state index contributed by atoms with van der Waals surface area (Å²) in [6, 6.07) is 0.554. The van der Waals surface area contributed by atoms with Gasteiger partial charge in [-0.15, -0.1) is 0 Å². The zero-order chi connectivity index (χ0) is 11.4. The highest BCUT2D eigenvalue weighted by atomic mass is 16.5. The molecule has 1 saturated heterocycles. The van der Waals surface area contributed by atoms with Gasteiger partial charge in [0.2, 0.25) is 0 Å². The lowest BCUT2D eigenvalue weighted by atomic mass is 9.85. The fourth-order valence-electron chi connectivity index (χ4n) is 2.82. The summed E-state index contributed by atoms with van der Waals surface area (Å²) in [4.78, 5) is 0. The first kappa shape index (κ1) is 12.3. The lowest BCUT2D eigenvalue weighted by Crippen LogP contribution is -2.44. The van der Waals surface area contributed by atoms with Crippen LogP contribution in [0.1, 0.15) is 32.6 Å². The maximum absolute atomic E-state index is 6.10. The minimum Gasteiger partial charge on any atom is -0.381 e. The Morgan fingerprint density at radius 2 is 2.19 bits per heavy atom. The van der Waals surface area contributed by atoms with Gasteiger partial charge in [-0.3, -0.25) is 0 Å². The van der Waals surface area contributed by atoms with Crippen molar-refractivity contribution in [3.05, 3.63) is 0 Å². The van der Waals surface area contributed by atoms with Crippen LogP contribution in [0.3, 0.4) is 0 Å². The summed E-state index contributed by atoms with van der Waals surface area (Å²) >= 11 is 0. The van der Waals surface area contributed by atoms with Crippen LogP contribution in [0.4, 0.5) is 0 Å². The maximum Gasteiger partial charge on any atom is 0.0730 e. The van der Waals surface area contributed by atoms with Crippen LogP contribution in [-0.4, -0.2) is 39.0 Å². The van der Waals surface area contributed by atoms with Gasteiger partial charge in [0.05, 0.1) is 19.3 Å². The van der Waals surface area contributed by atoms with Crippen molar-refractivity contribution in [1.29, 1.82) is 0 Å². The molecule has 1 N–H and O–H groups in total. The van der Waals surface area contributed by atoms with E-state index in [0.717, 1.165) is 25.7 Å². The van der Waals surface area contributed by atoms with Crippen LogP contribution >= 0.6 is 0 Å². The fourth-order valence-corrected chi connectivity index (χ4v) is 2.82. The average Bonchev–Trinajstić information content (AvgIpc) is 2.79. The molecule has 1 aliphatic carbocycles. The minimum absolute atomic E-state index is 0.411. The fraction of sp³-hybridized carbons (Fsp3) is 1.00. The molecule has 0 spiro atoms. The second kappa shape index (κ2) is 5.99. The van der Waals surface area contributed by atoms with Crippen LogP contribution in [-0.2, 0) is 9.47 Å². The van der Waals surface area contributed by atoms with Crippen molar-refractivity contribution in [1.82, 2.24) is 5.32 Å². The standard InChI is InChI=1S/C13H25NO2/c1-10-3-4-12(14-2)13(7-10)16-9-11-5-6-15-8-11/h10-14H,3-9H2,1-2H3. The van der Waals surface area contributed by atoms with Crippen LogP contribution < -0.4 is 5.32 Å². The maximum atomic E-state index is 6.10. The smallest absolute Gasteiger partial charge is 0.0730 e. The first-order valence-electron chi connectivity index (χ1n) is 6.66. The summed E-state index contributed by atoms with van der Waals surface area (Å²) in [5.41, 5.74) is 0. The first-order chi connectivity index (χ1) is 7.79. The molecule has 1 heterocycles. The Kier molecular flexibility index (Phi) is 4.62. The Morgan fingerprint density at radius 3 is 2.88 bits per heavy atom. The third-order valence-electron chi connectivity index (χ3n) is 3.99. The molecule has 3 nitrogen and oxygen atoms in total. The Labute approximate surface area is 98.9 Å². The van der Waals surface area contributed by atoms with Gasteiger partial charge in [0, 0.05) is 18.6 Å². The zero-order valence-corrected chi connectivity index (χ0v) is 10.6. The van der Waals surface area contributed by atoms with E-state index in [-0.39, 0.29) is 0 Å². The van der Waals surface area contributed by atoms with E-state index in [4.69, 9.17) is 9.47 Å². The molecule has 4 unspecified atom stereocenters. The predicted octanol–water partition coefficient (Wildman–Crippen LogP) is 1.82. The van der Waals surface area contributed by atoms with Crippen molar-refractivity contribution in [2.24, 2.45) is 11.8 Å². The van der Waals surface area contributed by atoms with E-state index in [0.29, 0.717) is 18.1 Å². The molecule has 16 heavy (non-hydrogen) atoms.